The first-order valence-electron chi connectivity index (χ1n) is 10.9. The van der Waals surface area contributed by atoms with Crippen LogP contribution in [0.3, 0.4) is 0 Å². The Bertz CT molecular complexity index is 1530. The highest BCUT2D eigenvalue weighted by molar-refractivity contribution is 7.90. The van der Waals surface area contributed by atoms with Gasteiger partial charge in [0, 0.05) is 43.0 Å². The maximum atomic E-state index is 13.4. The summed E-state index contributed by atoms with van der Waals surface area (Å²) in [7, 11) is -3.15. The van der Waals surface area contributed by atoms with Crippen molar-refractivity contribution < 1.29 is 8.42 Å². The van der Waals surface area contributed by atoms with E-state index in [1.165, 1.54) is 6.26 Å². The molecule has 180 valence electrons. The lowest BCUT2D eigenvalue weighted by Gasteiger charge is -2.24. The molecule has 0 saturated heterocycles. The van der Waals surface area contributed by atoms with Gasteiger partial charge < -0.3 is 15.6 Å². The summed E-state index contributed by atoms with van der Waals surface area (Å²) in [6.45, 7) is 4.16. The van der Waals surface area contributed by atoms with Gasteiger partial charge in [0.2, 0.25) is 0 Å². The number of fused-ring (bicyclic) bond motifs is 2. The molecule has 0 amide bonds. The molecule has 3 aromatic heterocycles. The van der Waals surface area contributed by atoms with Gasteiger partial charge in [-0.3, -0.25) is 4.79 Å². The molecule has 1 aromatic carbocycles. The minimum atomic E-state index is -3.15. The third-order valence-corrected chi connectivity index (χ3v) is 7.20. The van der Waals surface area contributed by atoms with Crippen molar-refractivity contribution in [3.8, 4) is 0 Å². The quantitative estimate of drug-likeness (QED) is 0.379. The molecule has 0 aliphatic carbocycles. The molecule has 4 rings (SSSR count). The van der Waals surface area contributed by atoms with Crippen molar-refractivity contribution in [2.24, 2.45) is 0 Å². The van der Waals surface area contributed by atoms with Gasteiger partial charge in [0.05, 0.1) is 21.7 Å². The zero-order valence-corrected chi connectivity index (χ0v) is 20.8. The summed E-state index contributed by atoms with van der Waals surface area (Å²) < 4.78 is 26.6. The number of nitrogen functional groups attached to an aromatic ring is 1. The average Bonchev–Trinajstić information content (AvgIpc) is 3.09. The Morgan fingerprint density at radius 2 is 1.97 bits per heavy atom. The minimum absolute atomic E-state index is 0.0117. The van der Waals surface area contributed by atoms with Crippen LogP contribution in [0.1, 0.15) is 43.6 Å². The topological polar surface area (TPSA) is 124 Å². The van der Waals surface area contributed by atoms with E-state index in [2.05, 4.69) is 15.4 Å². The summed E-state index contributed by atoms with van der Waals surface area (Å²) in [5, 5.41) is 9.34. The van der Waals surface area contributed by atoms with Crippen LogP contribution in [0.15, 0.2) is 47.5 Å². The van der Waals surface area contributed by atoms with Crippen molar-refractivity contribution in [2.75, 3.05) is 17.7 Å². The summed E-state index contributed by atoms with van der Waals surface area (Å²) in [6, 6.07) is 8.52. The van der Waals surface area contributed by atoms with Crippen LogP contribution in [0.5, 0.6) is 0 Å². The van der Waals surface area contributed by atoms with E-state index in [-0.39, 0.29) is 29.9 Å². The van der Waals surface area contributed by atoms with E-state index in [1.54, 1.807) is 39.7 Å². The predicted molar refractivity (Wildman–Crippen MR) is 135 cm³/mol. The fourth-order valence-corrected chi connectivity index (χ4v) is 5.25. The van der Waals surface area contributed by atoms with Gasteiger partial charge in [0.1, 0.15) is 9.84 Å². The number of halogens is 1. The van der Waals surface area contributed by atoms with Crippen molar-refractivity contribution in [3.63, 3.8) is 0 Å². The third kappa shape index (κ3) is 4.79. The summed E-state index contributed by atoms with van der Waals surface area (Å²) in [5.74, 6) is 0.365. The number of nitrogens with one attached hydrogen (secondary N) is 1. The summed E-state index contributed by atoms with van der Waals surface area (Å²) in [6.07, 6.45) is 4.97. The maximum Gasteiger partial charge on any atom is 0.260 e. The van der Waals surface area contributed by atoms with Crippen molar-refractivity contribution in [3.05, 3.63) is 69.4 Å². The van der Waals surface area contributed by atoms with E-state index < -0.39 is 9.84 Å². The third-order valence-electron chi connectivity index (χ3n) is 5.85. The molecular weight excluding hydrogens is 476 g/mol. The summed E-state index contributed by atoms with van der Waals surface area (Å²) in [5.41, 5.74) is 8.08. The molecule has 3 heterocycles. The van der Waals surface area contributed by atoms with Gasteiger partial charge in [-0.25, -0.2) is 17.9 Å². The van der Waals surface area contributed by atoms with Gasteiger partial charge in [0.15, 0.2) is 11.5 Å². The second-order valence-electron chi connectivity index (χ2n) is 8.51. The first-order valence-corrected chi connectivity index (χ1v) is 13.3. The maximum absolute atomic E-state index is 13.4. The molecule has 3 N–H and O–H groups in total. The van der Waals surface area contributed by atoms with Gasteiger partial charge in [-0.05, 0) is 43.9 Å². The number of anilines is 1. The summed E-state index contributed by atoms with van der Waals surface area (Å²) >= 11 is 6.34. The second-order valence-corrected chi connectivity index (χ2v) is 11.2. The molecule has 0 fully saturated rings. The normalized spacial score (nSPS) is 14.0. The van der Waals surface area contributed by atoms with E-state index in [4.69, 9.17) is 17.3 Å². The molecule has 9 nitrogen and oxygen atoms in total. The molecule has 11 heteroatoms. The van der Waals surface area contributed by atoms with E-state index in [0.717, 1.165) is 16.6 Å². The number of nitrogens with zero attached hydrogens (tertiary/aromatic N) is 4. The Labute approximate surface area is 202 Å². The van der Waals surface area contributed by atoms with Crippen LogP contribution in [0.25, 0.3) is 16.4 Å². The lowest BCUT2D eigenvalue weighted by molar-refractivity contribution is 0.462. The molecule has 0 bridgehead atoms. The van der Waals surface area contributed by atoms with E-state index in [1.807, 2.05) is 26.0 Å². The van der Waals surface area contributed by atoms with E-state index in [9.17, 15) is 13.2 Å². The van der Waals surface area contributed by atoms with Gasteiger partial charge in [0.25, 0.3) is 5.56 Å². The molecule has 34 heavy (non-hydrogen) atoms. The van der Waals surface area contributed by atoms with Gasteiger partial charge in [-0.1, -0.05) is 23.7 Å². The first-order chi connectivity index (χ1) is 16.1. The number of hydrogen-bond donors (Lipinski definition) is 2. The molecule has 2 atom stereocenters. The van der Waals surface area contributed by atoms with Crippen LogP contribution < -0.4 is 16.6 Å². The molecule has 0 aliphatic rings. The van der Waals surface area contributed by atoms with Crippen LogP contribution in [-0.4, -0.2) is 39.6 Å². The van der Waals surface area contributed by atoms with Crippen LogP contribution >= 0.6 is 11.6 Å². The van der Waals surface area contributed by atoms with Gasteiger partial charge in [-0.15, -0.1) is 5.10 Å². The van der Waals surface area contributed by atoms with Crippen LogP contribution in [0, 0.1) is 0 Å². The summed E-state index contributed by atoms with van der Waals surface area (Å²) in [4.78, 5) is 17.8. The monoisotopic (exact) mass is 502 g/mol. The molecule has 4 aromatic rings. The smallest absolute Gasteiger partial charge is 0.260 e. The zero-order chi connectivity index (χ0) is 24.6. The van der Waals surface area contributed by atoms with Crippen LogP contribution in [0.2, 0.25) is 5.02 Å². The largest absolute Gasteiger partial charge is 0.382 e. The lowest BCUT2D eigenvalue weighted by Crippen LogP contribution is -2.31. The molecular formula is C23H27ClN6O3S. The molecule has 0 saturated carbocycles. The number of sulfone groups is 1. The standard InChI is InChI=1S/C23H27ClN6O3S/c1-14(27-15(2)19-21(25)28-30-11-5-9-26-22(19)30)18-13-16-7-4-8-17(24)20(16)23(31)29(18)10-6-12-34(3,32)33/h4-5,7-9,11,13-15,27H,6,10,12H2,1-3H3,(H2,25,28)/t14-,15?/m0/s1. The Morgan fingerprint density at radius 1 is 1.21 bits per heavy atom. The SMILES string of the molecule is CC(N[C@@H](C)c1cc2cccc(Cl)c2c(=O)n1CCCS(C)(=O)=O)c1c(N)nn2cccnc12. The van der Waals surface area contributed by atoms with E-state index in [0.29, 0.717) is 28.3 Å². The number of aromatic nitrogens is 4. The van der Waals surface area contributed by atoms with Gasteiger partial charge >= 0.3 is 0 Å². The average molecular weight is 503 g/mol. The first kappa shape index (κ1) is 24.2. The Hall–Kier alpha value is -2.95. The molecule has 0 aliphatic heterocycles. The highest BCUT2D eigenvalue weighted by Gasteiger charge is 2.22. The number of pyridine rings is 1. The van der Waals surface area contributed by atoms with Crippen LogP contribution in [-0.2, 0) is 16.4 Å². The van der Waals surface area contributed by atoms with Crippen molar-refractivity contribution >= 4 is 43.7 Å². The molecule has 0 radical (unpaired) electrons. The highest BCUT2D eigenvalue weighted by atomic mass is 35.5. The fourth-order valence-electron chi connectivity index (χ4n) is 4.33. The Kier molecular flexibility index (Phi) is 6.66. The zero-order valence-electron chi connectivity index (χ0n) is 19.2. The van der Waals surface area contributed by atoms with Gasteiger partial charge in [-0.2, -0.15) is 0 Å². The molecule has 1 unspecified atom stereocenters. The second kappa shape index (κ2) is 9.36. The van der Waals surface area contributed by atoms with Crippen molar-refractivity contribution in [2.45, 2.75) is 38.9 Å². The van der Waals surface area contributed by atoms with Crippen molar-refractivity contribution in [1.29, 1.82) is 0 Å². The lowest BCUT2D eigenvalue weighted by atomic mass is 10.1. The number of rotatable bonds is 8. The fraction of sp³-hybridized carbons (Fsp3) is 0.348. The minimum Gasteiger partial charge on any atom is -0.382 e. The number of hydrogen-bond acceptors (Lipinski definition) is 7. The predicted octanol–water partition coefficient (Wildman–Crippen LogP) is 3.13. The van der Waals surface area contributed by atoms with Crippen LogP contribution in [0.4, 0.5) is 5.82 Å². The number of nitrogens with two attached hydrogens (primary N) is 1. The van der Waals surface area contributed by atoms with E-state index >= 15 is 0 Å². The highest BCUT2D eigenvalue weighted by Crippen LogP contribution is 2.28. The number of benzene rings is 1. The Balaban J connectivity index is 1.73. The molecule has 0 spiro atoms. The Morgan fingerprint density at radius 3 is 2.71 bits per heavy atom. The van der Waals surface area contributed by atoms with Crippen molar-refractivity contribution in [1.82, 2.24) is 24.5 Å².